The van der Waals surface area contributed by atoms with Gasteiger partial charge in [0.1, 0.15) is 0 Å². The number of aliphatic hydroxyl groups is 1. The largest absolute Gasteiger partial charge is 0.395 e. The maximum absolute atomic E-state index is 10.9. The molecule has 0 bridgehead atoms. The SMILES string of the molecule is OCC1(c2cccnc2)C=C(c2cccnc2)C(c2cccnc2)=CC1c1cccnc1. The zero-order valence-corrected chi connectivity index (χ0v) is 17.4. The van der Waals surface area contributed by atoms with Crippen LogP contribution in [0.1, 0.15) is 28.2 Å². The van der Waals surface area contributed by atoms with E-state index in [1.54, 1.807) is 24.8 Å². The fourth-order valence-electron chi connectivity index (χ4n) is 4.45. The zero-order valence-electron chi connectivity index (χ0n) is 17.4. The highest BCUT2D eigenvalue weighted by molar-refractivity contribution is 6.06. The number of aliphatic hydroxyl groups excluding tert-OH is 1. The average molecular weight is 419 g/mol. The van der Waals surface area contributed by atoms with Crippen molar-refractivity contribution in [3.63, 3.8) is 0 Å². The summed E-state index contributed by atoms with van der Waals surface area (Å²) in [5.41, 5.74) is 5.29. The van der Waals surface area contributed by atoms with Gasteiger partial charge in [0.15, 0.2) is 0 Å². The zero-order chi connectivity index (χ0) is 21.8. The molecule has 0 amide bonds. The van der Waals surface area contributed by atoms with E-state index in [2.05, 4.69) is 44.2 Å². The Bertz CT molecular complexity index is 1240. The highest BCUT2D eigenvalue weighted by atomic mass is 16.3. The van der Waals surface area contributed by atoms with Gasteiger partial charge in [-0.25, -0.2) is 0 Å². The quantitative estimate of drug-likeness (QED) is 0.518. The molecule has 1 aliphatic rings. The minimum absolute atomic E-state index is 0.0845. The number of hydrogen-bond donors (Lipinski definition) is 1. The summed E-state index contributed by atoms with van der Waals surface area (Å²) in [4.78, 5) is 17.4. The van der Waals surface area contributed by atoms with E-state index in [0.29, 0.717) is 0 Å². The molecule has 0 fully saturated rings. The first kappa shape index (κ1) is 20.0. The topological polar surface area (TPSA) is 71.8 Å². The van der Waals surface area contributed by atoms with Crippen molar-refractivity contribution in [2.75, 3.05) is 6.61 Å². The van der Waals surface area contributed by atoms with Crippen molar-refractivity contribution in [2.45, 2.75) is 11.3 Å². The van der Waals surface area contributed by atoms with Gasteiger partial charge in [-0.05, 0) is 46.5 Å². The van der Waals surface area contributed by atoms with Gasteiger partial charge in [0, 0.05) is 72.0 Å². The van der Waals surface area contributed by atoms with Crippen LogP contribution < -0.4 is 0 Å². The second kappa shape index (κ2) is 8.65. The van der Waals surface area contributed by atoms with Gasteiger partial charge in [-0.2, -0.15) is 0 Å². The standard InChI is InChI=1S/C27H22N4O/c32-19-27(23-8-4-12-31-18-23)14-25(21-6-2-10-29-16-21)24(20-5-1-9-28-15-20)13-26(27)22-7-3-11-30-17-22/h1-18,26,32H,19H2. The predicted molar refractivity (Wildman–Crippen MR) is 124 cm³/mol. The lowest BCUT2D eigenvalue weighted by molar-refractivity contribution is 0.212. The second-order valence-electron chi connectivity index (χ2n) is 7.83. The number of aromatic nitrogens is 4. The van der Waals surface area contributed by atoms with Crippen LogP contribution in [-0.2, 0) is 5.41 Å². The summed E-state index contributed by atoms with van der Waals surface area (Å²) in [7, 11) is 0. The summed E-state index contributed by atoms with van der Waals surface area (Å²) >= 11 is 0. The van der Waals surface area contributed by atoms with Crippen LogP contribution in [0.15, 0.2) is 110 Å². The number of nitrogens with zero attached hydrogens (tertiary/aromatic N) is 4. The van der Waals surface area contributed by atoms with Crippen LogP contribution in [0.5, 0.6) is 0 Å². The van der Waals surface area contributed by atoms with Gasteiger partial charge < -0.3 is 5.11 Å². The van der Waals surface area contributed by atoms with Gasteiger partial charge in [0.05, 0.1) is 6.61 Å². The number of hydrogen-bond acceptors (Lipinski definition) is 5. The Morgan fingerprint density at radius 1 is 0.688 bits per heavy atom. The fourth-order valence-corrected chi connectivity index (χ4v) is 4.45. The van der Waals surface area contributed by atoms with Crippen molar-refractivity contribution in [3.8, 4) is 0 Å². The lowest BCUT2D eigenvalue weighted by atomic mass is 9.63. The van der Waals surface area contributed by atoms with Crippen molar-refractivity contribution < 1.29 is 5.11 Å². The van der Waals surface area contributed by atoms with Crippen molar-refractivity contribution in [1.82, 2.24) is 19.9 Å². The van der Waals surface area contributed by atoms with Crippen LogP contribution in [0.3, 0.4) is 0 Å². The molecule has 1 N–H and O–H groups in total. The Hall–Kier alpha value is -3.96. The molecule has 0 aromatic carbocycles. The number of pyridine rings is 4. The third-order valence-corrected chi connectivity index (χ3v) is 6.03. The van der Waals surface area contributed by atoms with E-state index < -0.39 is 5.41 Å². The molecule has 4 heterocycles. The van der Waals surface area contributed by atoms with E-state index in [0.717, 1.165) is 33.4 Å². The first-order chi connectivity index (χ1) is 15.8. The summed E-state index contributed by atoms with van der Waals surface area (Å²) in [6.07, 6.45) is 18.9. The fraction of sp³-hybridized carbons (Fsp3) is 0.111. The molecule has 0 saturated heterocycles. The van der Waals surface area contributed by atoms with E-state index in [9.17, 15) is 5.11 Å². The molecule has 0 radical (unpaired) electrons. The molecule has 1 aliphatic carbocycles. The average Bonchev–Trinajstić information content (AvgIpc) is 2.90. The van der Waals surface area contributed by atoms with Crippen LogP contribution in [0.25, 0.3) is 11.1 Å². The Kier molecular flexibility index (Phi) is 5.40. The lowest BCUT2D eigenvalue weighted by Crippen LogP contribution is -2.37. The molecule has 5 heteroatoms. The van der Waals surface area contributed by atoms with Gasteiger partial charge in [0.2, 0.25) is 0 Å². The van der Waals surface area contributed by atoms with Crippen molar-refractivity contribution in [3.05, 3.63) is 133 Å². The van der Waals surface area contributed by atoms with Crippen molar-refractivity contribution in [1.29, 1.82) is 0 Å². The molecule has 32 heavy (non-hydrogen) atoms. The highest BCUT2D eigenvalue weighted by Crippen LogP contribution is 2.50. The Labute approximate surface area is 186 Å². The Morgan fingerprint density at radius 3 is 1.81 bits per heavy atom. The maximum Gasteiger partial charge on any atom is 0.0572 e. The van der Waals surface area contributed by atoms with E-state index in [4.69, 9.17) is 0 Å². The molecule has 156 valence electrons. The normalized spacial score (nSPS) is 20.3. The highest BCUT2D eigenvalue weighted by Gasteiger charge is 2.42. The molecule has 2 atom stereocenters. The molecule has 5 rings (SSSR count). The minimum atomic E-state index is -0.714. The van der Waals surface area contributed by atoms with E-state index in [-0.39, 0.29) is 12.5 Å². The van der Waals surface area contributed by atoms with E-state index in [1.807, 2.05) is 61.2 Å². The van der Waals surface area contributed by atoms with Crippen LogP contribution in [0.2, 0.25) is 0 Å². The first-order valence-corrected chi connectivity index (χ1v) is 10.5. The molecule has 0 spiro atoms. The van der Waals surface area contributed by atoms with Crippen LogP contribution in [0.4, 0.5) is 0 Å². The molecule has 0 saturated carbocycles. The molecule has 4 aromatic rings. The summed E-state index contributed by atoms with van der Waals surface area (Å²) in [5, 5.41) is 10.9. The molecule has 0 aliphatic heterocycles. The summed E-state index contributed by atoms with van der Waals surface area (Å²) in [6.45, 7) is -0.0845. The summed E-state index contributed by atoms with van der Waals surface area (Å²) < 4.78 is 0. The monoisotopic (exact) mass is 418 g/mol. The van der Waals surface area contributed by atoms with E-state index in [1.165, 1.54) is 0 Å². The van der Waals surface area contributed by atoms with Gasteiger partial charge in [-0.1, -0.05) is 36.4 Å². The van der Waals surface area contributed by atoms with E-state index >= 15 is 0 Å². The predicted octanol–water partition coefficient (Wildman–Crippen LogP) is 4.46. The van der Waals surface area contributed by atoms with Gasteiger partial charge in [0.25, 0.3) is 0 Å². The van der Waals surface area contributed by atoms with Gasteiger partial charge >= 0.3 is 0 Å². The molecule has 5 nitrogen and oxygen atoms in total. The Balaban J connectivity index is 1.80. The first-order valence-electron chi connectivity index (χ1n) is 10.5. The molecular formula is C27H22N4O. The third kappa shape index (κ3) is 3.53. The van der Waals surface area contributed by atoms with Gasteiger partial charge in [-0.3, -0.25) is 19.9 Å². The van der Waals surface area contributed by atoms with Crippen LogP contribution >= 0.6 is 0 Å². The van der Waals surface area contributed by atoms with Crippen molar-refractivity contribution >= 4 is 11.1 Å². The molecular weight excluding hydrogens is 396 g/mol. The smallest absolute Gasteiger partial charge is 0.0572 e. The summed E-state index contributed by atoms with van der Waals surface area (Å²) in [5.74, 6) is -0.152. The van der Waals surface area contributed by atoms with Crippen LogP contribution in [0, 0.1) is 0 Å². The lowest BCUT2D eigenvalue weighted by Gasteiger charge is -2.40. The second-order valence-corrected chi connectivity index (χ2v) is 7.83. The summed E-state index contributed by atoms with van der Waals surface area (Å²) in [6, 6.07) is 15.9. The maximum atomic E-state index is 10.9. The third-order valence-electron chi connectivity index (χ3n) is 6.03. The Morgan fingerprint density at radius 2 is 1.28 bits per heavy atom. The van der Waals surface area contributed by atoms with Gasteiger partial charge in [-0.15, -0.1) is 0 Å². The van der Waals surface area contributed by atoms with Crippen molar-refractivity contribution in [2.24, 2.45) is 0 Å². The number of allylic oxidation sites excluding steroid dienone is 3. The van der Waals surface area contributed by atoms with Crippen LogP contribution in [-0.4, -0.2) is 31.6 Å². The molecule has 2 unspecified atom stereocenters. The molecule has 4 aromatic heterocycles. The minimum Gasteiger partial charge on any atom is -0.395 e. The number of rotatable bonds is 5.